The molecule has 2 unspecified atom stereocenters. The molecule has 0 saturated heterocycles. The van der Waals surface area contributed by atoms with Crippen molar-refractivity contribution in [2.24, 2.45) is 5.92 Å². The molecule has 172 valence electrons. The first kappa shape index (κ1) is 24.3. The predicted molar refractivity (Wildman–Crippen MR) is 105 cm³/mol. The van der Waals surface area contributed by atoms with Crippen LogP contribution in [0.5, 0.6) is 0 Å². The fourth-order valence-electron chi connectivity index (χ4n) is 2.74. The molecule has 2 heterocycles. The number of ketones is 1. The van der Waals surface area contributed by atoms with E-state index < -0.39 is 35.8 Å². The summed E-state index contributed by atoms with van der Waals surface area (Å²) >= 11 is 0. The number of hydrogen-bond acceptors (Lipinski definition) is 9. The van der Waals surface area contributed by atoms with E-state index in [1.165, 1.54) is 6.20 Å². The van der Waals surface area contributed by atoms with E-state index in [1.54, 1.807) is 21.0 Å². The standard InChI is InChI=1S/C19H28N4O8/c1-11(2)15(23-19(27)30-7-6-29-5-4-28-3)17(25)22-13-8-12-9-20-14(31-12)10-21-18(26)16(13)24/h9,11,13,15H,4-8,10H2,1-3H3,(H,21,26)(H,22,25)(H,23,27). The normalized spacial score (nSPS) is 17.2. The monoisotopic (exact) mass is 440 g/mol. The van der Waals surface area contributed by atoms with Crippen LogP contribution in [0.15, 0.2) is 10.6 Å². The quantitative estimate of drug-likeness (QED) is 0.316. The van der Waals surface area contributed by atoms with Crippen molar-refractivity contribution in [3.63, 3.8) is 0 Å². The molecule has 3 N–H and O–H groups in total. The number of nitrogens with one attached hydrogen (secondary N) is 3. The Balaban J connectivity index is 1.93. The molecule has 1 aromatic heterocycles. The fourth-order valence-corrected chi connectivity index (χ4v) is 2.74. The molecule has 0 fully saturated rings. The average molecular weight is 440 g/mol. The number of nitrogens with zero attached hydrogens (tertiary/aromatic N) is 1. The molecule has 12 heteroatoms. The van der Waals surface area contributed by atoms with E-state index in [0.29, 0.717) is 19.0 Å². The van der Waals surface area contributed by atoms with Gasteiger partial charge in [0.15, 0.2) is 0 Å². The molecule has 31 heavy (non-hydrogen) atoms. The van der Waals surface area contributed by atoms with Gasteiger partial charge in [0.2, 0.25) is 17.6 Å². The molecule has 0 saturated carbocycles. The minimum absolute atomic E-state index is 0.00289. The largest absolute Gasteiger partial charge is 0.447 e. The number of rotatable bonds is 10. The smallest absolute Gasteiger partial charge is 0.407 e. The summed E-state index contributed by atoms with van der Waals surface area (Å²) in [6.45, 7) is 4.39. The lowest BCUT2D eigenvalue weighted by molar-refractivity contribution is -0.140. The number of amides is 3. The summed E-state index contributed by atoms with van der Waals surface area (Å²) in [7, 11) is 1.55. The first-order valence-corrected chi connectivity index (χ1v) is 9.87. The topological polar surface area (TPSA) is 158 Å². The van der Waals surface area contributed by atoms with Gasteiger partial charge in [0.1, 0.15) is 24.5 Å². The highest BCUT2D eigenvalue weighted by molar-refractivity contribution is 6.38. The second-order valence-electron chi connectivity index (χ2n) is 7.14. The van der Waals surface area contributed by atoms with Gasteiger partial charge in [-0.05, 0) is 5.92 Å². The highest BCUT2D eigenvalue weighted by Crippen LogP contribution is 2.11. The molecular weight excluding hydrogens is 412 g/mol. The Kier molecular flexibility index (Phi) is 9.40. The van der Waals surface area contributed by atoms with Crippen molar-refractivity contribution in [3.8, 4) is 0 Å². The molecule has 0 aliphatic carbocycles. The van der Waals surface area contributed by atoms with Crippen molar-refractivity contribution < 1.29 is 37.8 Å². The summed E-state index contributed by atoms with van der Waals surface area (Å²) in [5, 5.41) is 7.39. The Morgan fingerprint density at radius 2 is 2.00 bits per heavy atom. The third-order valence-electron chi connectivity index (χ3n) is 4.38. The van der Waals surface area contributed by atoms with Crippen LogP contribution in [0.4, 0.5) is 4.79 Å². The van der Waals surface area contributed by atoms with Crippen molar-refractivity contribution in [1.29, 1.82) is 0 Å². The van der Waals surface area contributed by atoms with E-state index in [4.69, 9.17) is 18.6 Å². The Labute approximate surface area is 179 Å². The fraction of sp³-hybridized carbons (Fsp3) is 0.632. The second kappa shape index (κ2) is 12.0. The van der Waals surface area contributed by atoms with Gasteiger partial charge in [-0.25, -0.2) is 9.78 Å². The SMILES string of the molecule is COCCOCCOC(=O)NC(C(=O)NC1Cc2cnc(o2)CNC(=O)C1=O)C(C)C. The zero-order valence-electron chi connectivity index (χ0n) is 17.8. The van der Waals surface area contributed by atoms with E-state index in [-0.39, 0.29) is 38.0 Å². The van der Waals surface area contributed by atoms with Gasteiger partial charge in [0, 0.05) is 13.5 Å². The van der Waals surface area contributed by atoms with Gasteiger partial charge in [0.05, 0.1) is 32.6 Å². The first-order valence-electron chi connectivity index (χ1n) is 9.87. The third kappa shape index (κ3) is 7.64. The van der Waals surface area contributed by atoms with E-state index in [1.807, 2.05) is 0 Å². The van der Waals surface area contributed by atoms with Crippen LogP contribution in [-0.2, 0) is 41.6 Å². The van der Waals surface area contributed by atoms with Crippen LogP contribution in [-0.4, -0.2) is 74.3 Å². The summed E-state index contributed by atoms with van der Waals surface area (Å²) < 4.78 is 20.5. The van der Waals surface area contributed by atoms with Crippen LogP contribution in [0.3, 0.4) is 0 Å². The maximum atomic E-state index is 12.8. The number of fused-ring (bicyclic) bond motifs is 2. The molecule has 0 aromatic carbocycles. The Hall–Kier alpha value is -2.99. The average Bonchev–Trinajstić information content (AvgIpc) is 3.19. The number of hydrogen-bond donors (Lipinski definition) is 3. The highest BCUT2D eigenvalue weighted by Gasteiger charge is 2.33. The zero-order valence-corrected chi connectivity index (χ0v) is 17.8. The Bertz CT molecular complexity index is 779. The van der Waals surface area contributed by atoms with Gasteiger partial charge in [-0.15, -0.1) is 0 Å². The summed E-state index contributed by atoms with van der Waals surface area (Å²) in [5.74, 6) is -2.00. The van der Waals surface area contributed by atoms with Crippen molar-refractivity contribution in [2.45, 2.75) is 38.9 Å². The summed E-state index contributed by atoms with van der Waals surface area (Å²) in [6.07, 6.45) is 0.588. The van der Waals surface area contributed by atoms with E-state index in [0.717, 1.165) is 0 Å². The summed E-state index contributed by atoms with van der Waals surface area (Å²) in [4.78, 5) is 53.3. The number of ether oxygens (including phenoxy) is 3. The molecule has 0 radical (unpaired) electrons. The molecule has 1 aliphatic heterocycles. The molecule has 2 bridgehead atoms. The first-order chi connectivity index (χ1) is 14.8. The van der Waals surface area contributed by atoms with Crippen molar-refractivity contribution in [2.75, 3.05) is 33.5 Å². The van der Waals surface area contributed by atoms with E-state index in [9.17, 15) is 19.2 Å². The molecule has 1 aromatic rings. The minimum atomic E-state index is -1.17. The van der Waals surface area contributed by atoms with Crippen molar-refractivity contribution >= 4 is 23.7 Å². The van der Waals surface area contributed by atoms with E-state index in [2.05, 4.69) is 20.9 Å². The third-order valence-corrected chi connectivity index (χ3v) is 4.38. The number of methoxy groups -OCH3 is 1. The maximum Gasteiger partial charge on any atom is 0.407 e. The Morgan fingerprint density at radius 1 is 1.26 bits per heavy atom. The number of carbonyl (C=O) groups excluding carboxylic acids is 4. The van der Waals surface area contributed by atoms with Crippen molar-refractivity contribution in [1.82, 2.24) is 20.9 Å². The van der Waals surface area contributed by atoms with Crippen LogP contribution in [0.25, 0.3) is 0 Å². The molecule has 2 rings (SSSR count). The summed E-state index contributed by atoms with van der Waals surface area (Å²) in [5.41, 5.74) is 0. The minimum Gasteiger partial charge on any atom is -0.447 e. The molecular formula is C19H28N4O8. The molecule has 12 nitrogen and oxygen atoms in total. The van der Waals surface area contributed by atoms with Gasteiger partial charge in [0.25, 0.3) is 5.91 Å². The zero-order chi connectivity index (χ0) is 22.8. The summed E-state index contributed by atoms with van der Waals surface area (Å²) in [6, 6.07) is -2.16. The lowest BCUT2D eigenvalue weighted by Gasteiger charge is -2.24. The Morgan fingerprint density at radius 3 is 2.71 bits per heavy atom. The lowest BCUT2D eigenvalue weighted by atomic mass is 10.0. The van der Waals surface area contributed by atoms with Crippen molar-refractivity contribution in [3.05, 3.63) is 17.8 Å². The van der Waals surface area contributed by atoms with Gasteiger partial charge in [-0.2, -0.15) is 0 Å². The van der Waals surface area contributed by atoms with Crippen LogP contribution < -0.4 is 16.0 Å². The highest BCUT2D eigenvalue weighted by atomic mass is 16.6. The number of Topliss-reactive ketones (excluding diaryl/α,β-unsaturated/α-hetero) is 1. The predicted octanol–water partition coefficient (Wildman–Crippen LogP) is -0.685. The number of aromatic nitrogens is 1. The van der Waals surface area contributed by atoms with Gasteiger partial charge < -0.3 is 34.6 Å². The van der Waals surface area contributed by atoms with E-state index >= 15 is 0 Å². The molecule has 2 atom stereocenters. The van der Waals surface area contributed by atoms with Crippen LogP contribution in [0.2, 0.25) is 0 Å². The molecule has 3 amide bonds. The van der Waals surface area contributed by atoms with Crippen LogP contribution >= 0.6 is 0 Å². The van der Waals surface area contributed by atoms with Gasteiger partial charge in [-0.1, -0.05) is 13.8 Å². The van der Waals surface area contributed by atoms with Gasteiger partial charge in [-0.3, -0.25) is 14.4 Å². The molecule has 1 aliphatic rings. The molecule has 0 spiro atoms. The van der Waals surface area contributed by atoms with Gasteiger partial charge >= 0.3 is 6.09 Å². The van der Waals surface area contributed by atoms with Crippen LogP contribution in [0.1, 0.15) is 25.5 Å². The maximum absolute atomic E-state index is 12.8. The van der Waals surface area contributed by atoms with Crippen LogP contribution in [0, 0.1) is 5.92 Å². The number of oxazole rings is 1. The number of alkyl carbamates (subject to hydrolysis) is 1. The second-order valence-corrected chi connectivity index (χ2v) is 7.14. The number of carbonyl (C=O) groups is 4. The lowest BCUT2D eigenvalue weighted by Crippen LogP contribution is -2.56.